The minimum absolute atomic E-state index is 0.0766. The molecule has 7 nitrogen and oxygen atoms in total. The minimum atomic E-state index is -0.731. The maximum absolute atomic E-state index is 12.1. The van der Waals surface area contributed by atoms with E-state index in [1.54, 1.807) is 4.90 Å². The molecule has 1 aliphatic rings. The average Bonchev–Trinajstić information content (AvgIpc) is 2.93. The first-order valence-corrected chi connectivity index (χ1v) is 11.9. The molecular weight excluding hydrogens is 396 g/mol. The fourth-order valence-corrected chi connectivity index (χ4v) is 4.12. The van der Waals surface area contributed by atoms with Crippen LogP contribution < -0.4 is 0 Å². The van der Waals surface area contributed by atoms with E-state index in [2.05, 4.69) is 13.8 Å². The van der Waals surface area contributed by atoms with Gasteiger partial charge in [-0.25, -0.2) is 4.79 Å². The van der Waals surface area contributed by atoms with Gasteiger partial charge < -0.3 is 14.7 Å². The second-order valence-corrected chi connectivity index (χ2v) is 10.4. The van der Waals surface area contributed by atoms with Gasteiger partial charge in [0.2, 0.25) is 5.91 Å². The van der Waals surface area contributed by atoms with Crippen molar-refractivity contribution in [2.75, 3.05) is 32.8 Å². The Morgan fingerprint density at radius 3 is 2.00 bits per heavy atom. The number of hydrogen-bond donors (Lipinski definition) is 1. The third-order valence-corrected chi connectivity index (χ3v) is 6.16. The van der Waals surface area contributed by atoms with Gasteiger partial charge in [-0.3, -0.25) is 14.5 Å². The van der Waals surface area contributed by atoms with Crippen LogP contribution in [-0.2, 0) is 14.3 Å². The molecule has 7 heteroatoms. The van der Waals surface area contributed by atoms with Crippen molar-refractivity contribution < 1.29 is 24.2 Å². The Morgan fingerprint density at radius 1 is 0.935 bits per heavy atom. The number of carbonyl (C=O) groups excluding carboxylic acids is 2. The number of aliphatic carboxylic acids is 1. The number of rotatable bonds is 17. The number of carboxylic acids is 1. The SMILES string of the molecule is CCN1CC(=O)N(CCCC(C)(C)CCCCOCCCCC(C)(C)CC(=O)O)C1=O. The molecule has 0 radical (unpaired) electrons. The Balaban J connectivity index is 2.07. The monoisotopic (exact) mass is 440 g/mol. The first kappa shape index (κ1) is 27.4. The van der Waals surface area contributed by atoms with Crippen molar-refractivity contribution in [3.63, 3.8) is 0 Å². The maximum atomic E-state index is 12.1. The summed E-state index contributed by atoms with van der Waals surface area (Å²) in [6.07, 6.45) is 8.14. The molecule has 0 atom stereocenters. The molecule has 0 aliphatic carbocycles. The summed E-state index contributed by atoms with van der Waals surface area (Å²) in [5.41, 5.74) is 0.0359. The Morgan fingerprint density at radius 2 is 1.48 bits per heavy atom. The summed E-state index contributed by atoms with van der Waals surface area (Å²) in [5, 5.41) is 8.91. The van der Waals surface area contributed by atoms with Crippen molar-refractivity contribution in [1.29, 1.82) is 0 Å². The smallest absolute Gasteiger partial charge is 0.327 e. The van der Waals surface area contributed by atoms with E-state index in [4.69, 9.17) is 9.84 Å². The molecule has 0 aromatic carbocycles. The van der Waals surface area contributed by atoms with Gasteiger partial charge in [-0.05, 0) is 56.3 Å². The van der Waals surface area contributed by atoms with E-state index in [0.29, 0.717) is 13.1 Å². The van der Waals surface area contributed by atoms with Gasteiger partial charge in [0.05, 0.1) is 6.42 Å². The lowest BCUT2D eigenvalue weighted by atomic mass is 9.82. The number of carbonyl (C=O) groups is 3. The Hall–Kier alpha value is -1.63. The standard InChI is InChI=1S/C24H44N2O5/c1-6-25-19-20(27)26(22(25)30)15-11-14-23(2,3)12-7-9-16-31-17-10-8-13-24(4,5)18-21(28)29/h6-19H2,1-5H3,(H,28,29). The average molecular weight is 441 g/mol. The number of amides is 3. The molecule has 3 amide bonds. The van der Waals surface area contributed by atoms with Gasteiger partial charge in [0, 0.05) is 26.3 Å². The summed E-state index contributed by atoms with van der Waals surface area (Å²) in [7, 11) is 0. The van der Waals surface area contributed by atoms with E-state index in [9.17, 15) is 14.4 Å². The predicted molar refractivity (Wildman–Crippen MR) is 122 cm³/mol. The van der Waals surface area contributed by atoms with Crippen LogP contribution in [0.2, 0.25) is 0 Å². The third kappa shape index (κ3) is 11.0. The summed E-state index contributed by atoms with van der Waals surface area (Å²) in [5.74, 6) is -0.808. The second kappa shape index (κ2) is 13.0. The number of unbranched alkanes of at least 4 members (excludes halogenated alkanes) is 2. The van der Waals surface area contributed by atoms with Gasteiger partial charge in [0.15, 0.2) is 0 Å². The van der Waals surface area contributed by atoms with Gasteiger partial charge in [-0.15, -0.1) is 0 Å². The van der Waals surface area contributed by atoms with Crippen molar-refractivity contribution in [1.82, 2.24) is 9.80 Å². The molecule has 180 valence electrons. The zero-order valence-corrected chi connectivity index (χ0v) is 20.4. The van der Waals surface area contributed by atoms with Crippen LogP contribution in [0.3, 0.4) is 0 Å². The van der Waals surface area contributed by atoms with E-state index in [-0.39, 0.29) is 35.7 Å². The number of hydrogen-bond acceptors (Lipinski definition) is 4. The molecule has 1 rings (SSSR count). The summed E-state index contributed by atoms with van der Waals surface area (Å²) in [4.78, 5) is 37.9. The Kier molecular flexibility index (Phi) is 11.5. The molecular formula is C24H44N2O5. The first-order chi connectivity index (χ1) is 14.5. The third-order valence-electron chi connectivity index (χ3n) is 6.16. The van der Waals surface area contributed by atoms with Crippen molar-refractivity contribution in [2.45, 2.75) is 92.4 Å². The molecule has 0 bridgehead atoms. The fourth-order valence-electron chi connectivity index (χ4n) is 4.12. The van der Waals surface area contributed by atoms with Crippen LogP contribution in [0.15, 0.2) is 0 Å². The molecule has 0 saturated carbocycles. The lowest BCUT2D eigenvalue weighted by molar-refractivity contribution is -0.139. The van der Waals surface area contributed by atoms with Gasteiger partial charge in [0.25, 0.3) is 0 Å². The molecule has 31 heavy (non-hydrogen) atoms. The summed E-state index contributed by atoms with van der Waals surface area (Å²) in [6, 6.07) is -0.145. The van der Waals surface area contributed by atoms with E-state index >= 15 is 0 Å². The van der Waals surface area contributed by atoms with Crippen LogP contribution in [0.4, 0.5) is 4.79 Å². The van der Waals surface area contributed by atoms with Crippen molar-refractivity contribution >= 4 is 17.9 Å². The summed E-state index contributed by atoms with van der Waals surface area (Å²) >= 11 is 0. The van der Waals surface area contributed by atoms with Gasteiger partial charge in [0.1, 0.15) is 6.54 Å². The van der Waals surface area contributed by atoms with Crippen LogP contribution in [0.5, 0.6) is 0 Å². The highest BCUT2D eigenvalue weighted by Gasteiger charge is 2.34. The Bertz CT molecular complexity index is 589. The van der Waals surface area contributed by atoms with E-state index < -0.39 is 5.97 Å². The van der Waals surface area contributed by atoms with Crippen LogP contribution in [0.25, 0.3) is 0 Å². The lowest BCUT2D eigenvalue weighted by Gasteiger charge is -2.25. The molecule has 1 fully saturated rings. The van der Waals surface area contributed by atoms with Gasteiger partial charge in [-0.2, -0.15) is 0 Å². The molecule has 0 aromatic heterocycles. The number of ether oxygens (including phenoxy) is 1. The van der Waals surface area contributed by atoms with Crippen LogP contribution >= 0.6 is 0 Å². The maximum Gasteiger partial charge on any atom is 0.327 e. The highest BCUT2D eigenvalue weighted by atomic mass is 16.5. The van der Waals surface area contributed by atoms with Crippen LogP contribution in [-0.4, -0.2) is 65.7 Å². The van der Waals surface area contributed by atoms with Crippen molar-refractivity contribution in [2.24, 2.45) is 10.8 Å². The van der Waals surface area contributed by atoms with Crippen molar-refractivity contribution in [3.8, 4) is 0 Å². The number of likely N-dealkylation sites (N-methyl/N-ethyl adjacent to an activating group) is 1. The molecule has 1 N–H and O–H groups in total. The largest absolute Gasteiger partial charge is 0.481 e. The van der Waals surface area contributed by atoms with Crippen LogP contribution in [0.1, 0.15) is 92.4 Å². The molecule has 1 saturated heterocycles. The number of imide groups is 1. The number of carboxylic acid groups (broad SMARTS) is 1. The molecule has 0 unspecified atom stereocenters. The molecule has 1 heterocycles. The highest BCUT2D eigenvalue weighted by molar-refractivity contribution is 6.01. The van der Waals surface area contributed by atoms with Crippen LogP contribution in [0, 0.1) is 10.8 Å². The normalized spacial score (nSPS) is 15.3. The van der Waals surface area contributed by atoms with E-state index in [1.807, 2.05) is 20.8 Å². The molecule has 0 aromatic rings. The minimum Gasteiger partial charge on any atom is -0.481 e. The van der Waals surface area contributed by atoms with E-state index in [1.165, 1.54) is 4.90 Å². The first-order valence-electron chi connectivity index (χ1n) is 11.9. The zero-order chi connectivity index (χ0) is 23.5. The molecule has 1 aliphatic heterocycles. The number of nitrogens with zero attached hydrogens (tertiary/aromatic N) is 2. The van der Waals surface area contributed by atoms with Gasteiger partial charge in [-0.1, -0.05) is 40.5 Å². The van der Waals surface area contributed by atoms with Gasteiger partial charge >= 0.3 is 12.0 Å². The highest BCUT2D eigenvalue weighted by Crippen LogP contribution is 2.30. The zero-order valence-electron chi connectivity index (χ0n) is 20.4. The molecule has 0 spiro atoms. The van der Waals surface area contributed by atoms with E-state index in [0.717, 1.165) is 64.6 Å². The predicted octanol–water partition coefficient (Wildman–Crippen LogP) is 4.94. The topological polar surface area (TPSA) is 87.2 Å². The van der Waals surface area contributed by atoms with Crippen molar-refractivity contribution in [3.05, 3.63) is 0 Å². The number of urea groups is 1. The quantitative estimate of drug-likeness (QED) is 0.256. The summed E-state index contributed by atoms with van der Waals surface area (Å²) < 4.78 is 5.73. The summed E-state index contributed by atoms with van der Waals surface area (Å²) in [6.45, 7) is 13.2. The second-order valence-electron chi connectivity index (χ2n) is 10.4. The lowest BCUT2D eigenvalue weighted by Crippen LogP contribution is -2.34. The fraction of sp³-hybridized carbons (Fsp3) is 0.875. The Labute approximate surface area is 188 Å².